The molecule has 100 valence electrons. The maximum atomic E-state index is 5.52. The summed E-state index contributed by atoms with van der Waals surface area (Å²) in [6.45, 7) is 1.11. The van der Waals surface area contributed by atoms with Gasteiger partial charge in [0.15, 0.2) is 17.3 Å². The zero-order chi connectivity index (χ0) is 12.8. The molecule has 0 spiro atoms. The maximum absolute atomic E-state index is 5.52. The van der Waals surface area contributed by atoms with Crippen molar-refractivity contribution in [3.05, 3.63) is 18.6 Å². The monoisotopic (exact) mass is 258 g/mol. The molecule has 0 unspecified atom stereocenters. The van der Waals surface area contributed by atoms with Crippen molar-refractivity contribution in [3.63, 3.8) is 0 Å². The van der Waals surface area contributed by atoms with Gasteiger partial charge in [-0.2, -0.15) is 0 Å². The van der Waals surface area contributed by atoms with Gasteiger partial charge in [0.1, 0.15) is 0 Å². The number of hydrazine groups is 1. The van der Waals surface area contributed by atoms with E-state index in [1.54, 1.807) is 0 Å². The van der Waals surface area contributed by atoms with Crippen molar-refractivity contribution < 1.29 is 0 Å². The third kappa shape index (κ3) is 2.02. The fourth-order valence-corrected chi connectivity index (χ4v) is 2.55. The minimum Gasteiger partial charge on any atom is -0.350 e. The number of nitrogen functional groups attached to an aromatic ring is 1. The SMILES string of the molecule is NNc1cn2ccnc2c(N(CC2CC2)C2CC2)n1. The molecule has 0 aliphatic heterocycles. The van der Waals surface area contributed by atoms with Crippen molar-refractivity contribution in [2.24, 2.45) is 11.8 Å². The lowest BCUT2D eigenvalue weighted by Crippen LogP contribution is -2.30. The molecule has 2 aliphatic rings. The molecule has 2 fully saturated rings. The summed E-state index contributed by atoms with van der Waals surface area (Å²) in [5.41, 5.74) is 3.57. The van der Waals surface area contributed by atoms with Gasteiger partial charge in [-0.3, -0.25) is 0 Å². The van der Waals surface area contributed by atoms with Gasteiger partial charge in [-0.15, -0.1) is 0 Å². The van der Waals surface area contributed by atoms with Crippen LogP contribution in [0.5, 0.6) is 0 Å². The van der Waals surface area contributed by atoms with Crippen molar-refractivity contribution in [1.82, 2.24) is 14.4 Å². The Labute approximate surface area is 111 Å². The van der Waals surface area contributed by atoms with E-state index in [1.165, 1.54) is 25.7 Å². The highest BCUT2D eigenvalue weighted by molar-refractivity contribution is 5.67. The van der Waals surface area contributed by atoms with Crippen molar-refractivity contribution >= 4 is 17.3 Å². The summed E-state index contributed by atoms with van der Waals surface area (Å²) in [5, 5.41) is 0. The van der Waals surface area contributed by atoms with Crippen LogP contribution in [0.2, 0.25) is 0 Å². The van der Waals surface area contributed by atoms with Gasteiger partial charge in [0, 0.05) is 25.0 Å². The van der Waals surface area contributed by atoms with Crippen molar-refractivity contribution in [2.75, 3.05) is 16.9 Å². The number of hydrogen-bond donors (Lipinski definition) is 2. The van der Waals surface area contributed by atoms with Gasteiger partial charge in [-0.05, 0) is 31.6 Å². The van der Waals surface area contributed by atoms with Crippen molar-refractivity contribution in [1.29, 1.82) is 0 Å². The van der Waals surface area contributed by atoms with Crippen LogP contribution in [-0.4, -0.2) is 27.0 Å². The largest absolute Gasteiger partial charge is 0.350 e. The fraction of sp³-hybridized carbons (Fsp3) is 0.538. The topological polar surface area (TPSA) is 71.5 Å². The van der Waals surface area contributed by atoms with Gasteiger partial charge in [0.2, 0.25) is 0 Å². The van der Waals surface area contributed by atoms with Crippen LogP contribution in [0.15, 0.2) is 18.6 Å². The van der Waals surface area contributed by atoms with Gasteiger partial charge in [0.25, 0.3) is 0 Å². The average molecular weight is 258 g/mol. The minimum atomic E-state index is 0.640. The third-order valence-corrected chi connectivity index (χ3v) is 3.92. The Balaban J connectivity index is 1.79. The van der Waals surface area contributed by atoms with E-state index in [4.69, 9.17) is 5.84 Å². The van der Waals surface area contributed by atoms with E-state index in [0.29, 0.717) is 11.9 Å². The number of imidazole rings is 1. The summed E-state index contributed by atoms with van der Waals surface area (Å²) in [4.78, 5) is 11.5. The minimum absolute atomic E-state index is 0.640. The molecule has 19 heavy (non-hydrogen) atoms. The van der Waals surface area contributed by atoms with E-state index in [2.05, 4.69) is 20.3 Å². The maximum Gasteiger partial charge on any atom is 0.180 e. The molecule has 6 nitrogen and oxygen atoms in total. The van der Waals surface area contributed by atoms with E-state index < -0.39 is 0 Å². The number of aromatic nitrogens is 3. The molecule has 2 aromatic heterocycles. The Kier molecular flexibility index (Phi) is 2.38. The highest BCUT2D eigenvalue weighted by Gasteiger charge is 2.35. The van der Waals surface area contributed by atoms with Gasteiger partial charge in [-0.25, -0.2) is 15.8 Å². The number of nitrogens with two attached hydrogens (primary N) is 1. The molecular formula is C13H18N6. The van der Waals surface area contributed by atoms with Crippen LogP contribution in [0, 0.1) is 5.92 Å². The Bertz CT molecular complexity index is 598. The zero-order valence-corrected chi connectivity index (χ0v) is 10.8. The van der Waals surface area contributed by atoms with Gasteiger partial charge in [-0.1, -0.05) is 0 Å². The quantitative estimate of drug-likeness (QED) is 0.626. The molecule has 0 saturated heterocycles. The first kappa shape index (κ1) is 11.0. The summed E-state index contributed by atoms with van der Waals surface area (Å²) in [6, 6.07) is 0.640. The number of nitrogens with zero attached hydrogens (tertiary/aromatic N) is 4. The lowest BCUT2D eigenvalue weighted by atomic mass is 10.3. The molecule has 2 saturated carbocycles. The molecule has 0 amide bonds. The third-order valence-electron chi connectivity index (χ3n) is 3.92. The predicted molar refractivity (Wildman–Crippen MR) is 73.9 cm³/mol. The highest BCUT2D eigenvalue weighted by Crippen LogP contribution is 2.38. The number of nitrogens with one attached hydrogen (secondary N) is 1. The molecule has 4 rings (SSSR count). The molecular weight excluding hydrogens is 240 g/mol. The second-order valence-corrected chi connectivity index (χ2v) is 5.58. The van der Waals surface area contributed by atoms with E-state index in [9.17, 15) is 0 Å². The second kappa shape index (κ2) is 4.09. The van der Waals surface area contributed by atoms with E-state index in [0.717, 1.165) is 23.9 Å². The first-order valence-electron chi connectivity index (χ1n) is 6.92. The highest BCUT2D eigenvalue weighted by atomic mass is 15.3. The summed E-state index contributed by atoms with van der Waals surface area (Å²) in [6.07, 6.45) is 10.8. The first-order valence-corrected chi connectivity index (χ1v) is 6.92. The van der Waals surface area contributed by atoms with Crippen LogP contribution in [0.4, 0.5) is 11.6 Å². The molecule has 2 aromatic rings. The average Bonchev–Trinajstić information content (AvgIpc) is 3.33. The summed E-state index contributed by atoms with van der Waals surface area (Å²) < 4.78 is 1.99. The van der Waals surface area contributed by atoms with E-state index in [1.807, 2.05) is 23.0 Å². The zero-order valence-electron chi connectivity index (χ0n) is 10.8. The van der Waals surface area contributed by atoms with Crippen molar-refractivity contribution in [3.8, 4) is 0 Å². The number of fused-ring (bicyclic) bond motifs is 1. The van der Waals surface area contributed by atoms with Gasteiger partial charge >= 0.3 is 0 Å². The van der Waals surface area contributed by atoms with Crippen LogP contribution in [-0.2, 0) is 0 Å². The van der Waals surface area contributed by atoms with E-state index in [-0.39, 0.29) is 0 Å². The number of anilines is 2. The fourth-order valence-electron chi connectivity index (χ4n) is 2.55. The standard InChI is InChI=1S/C13H18N6/c14-17-11-8-18-6-5-15-12(18)13(16-11)19(10-3-4-10)7-9-1-2-9/h5-6,8-10,17H,1-4,7,14H2. The molecule has 6 heteroatoms. The Morgan fingerprint density at radius 2 is 2.21 bits per heavy atom. The number of rotatable bonds is 5. The lowest BCUT2D eigenvalue weighted by Gasteiger charge is -2.24. The molecule has 0 aromatic carbocycles. The van der Waals surface area contributed by atoms with Crippen LogP contribution in [0.25, 0.3) is 5.65 Å². The van der Waals surface area contributed by atoms with Gasteiger partial charge in [0.05, 0.1) is 6.20 Å². The summed E-state index contributed by atoms with van der Waals surface area (Å²) in [7, 11) is 0. The first-order chi connectivity index (χ1) is 9.35. The van der Waals surface area contributed by atoms with Gasteiger partial charge < -0.3 is 14.7 Å². The molecule has 0 atom stereocenters. The van der Waals surface area contributed by atoms with Crippen LogP contribution < -0.4 is 16.2 Å². The molecule has 0 bridgehead atoms. The van der Waals surface area contributed by atoms with E-state index >= 15 is 0 Å². The Morgan fingerprint density at radius 3 is 2.89 bits per heavy atom. The predicted octanol–water partition coefficient (Wildman–Crippen LogP) is 1.39. The summed E-state index contributed by atoms with van der Waals surface area (Å²) >= 11 is 0. The van der Waals surface area contributed by atoms with Crippen molar-refractivity contribution in [2.45, 2.75) is 31.7 Å². The molecule has 0 radical (unpaired) electrons. The normalized spacial score (nSPS) is 18.8. The van der Waals surface area contributed by atoms with Crippen LogP contribution in [0.1, 0.15) is 25.7 Å². The Hall–Kier alpha value is -1.82. The molecule has 3 N–H and O–H groups in total. The number of hydrogen-bond acceptors (Lipinski definition) is 5. The molecule has 2 aliphatic carbocycles. The second-order valence-electron chi connectivity index (χ2n) is 5.58. The van der Waals surface area contributed by atoms with Crippen LogP contribution >= 0.6 is 0 Å². The smallest absolute Gasteiger partial charge is 0.180 e. The lowest BCUT2D eigenvalue weighted by molar-refractivity contribution is 0.709. The Morgan fingerprint density at radius 1 is 1.37 bits per heavy atom. The van der Waals surface area contributed by atoms with Crippen LogP contribution in [0.3, 0.4) is 0 Å². The molecule has 2 heterocycles. The summed E-state index contributed by atoms with van der Waals surface area (Å²) in [5.74, 6) is 8.01.